The SMILES string of the molecule is CC(=O)c1cnc(CSC2CCCC2)s1. The lowest BCUT2D eigenvalue weighted by Gasteiger charge is -2.05. The molecule has 0 unspecified atom stereocenters. The Kier molecular flexibility index (Phi) is 3.81. The van der Waals surface area contributed by atoms with Gasteiger partial charge in [-0.15, -0.1) is 11.3 Å². The molecule has 0 aromatic carbocycles. The van der Waals surface area contributed by atoms with Gasteiger partial charge in [-0.05, 0) is 12.8 Å². The minimum Gasteiger partial charge on any atom is -0.294 e. The molecule has 1 aromatic heterocycles. The summed E-state index contributed by atoms with van der Waals surface area (Å²) < 4.78 is 0. The molecular formula is C11H15NOS2. The van der Waals surface area contributed by atoms with Gasteiger partial charge in [0.1, 0.15) is 5.01 Å². The summed E-state index contributed by atoms with van der Waals surface area (Å²) in [6, 6.07) is 0. The number of Topliss-reactive ketones (excluding diaryl/α,β-unsaturated/α-hetero) is 1. The van der Waals surface area contributed by atoms with Gasteiger partial charge in [0, 0.05) is 24.1 Å². The average Bonchev–Trinajstić information content (AvgIpc) is 2.86. The van der Waals surface area contributed by atoms with Crippen LogP contribution in [-0.4, -0.2) is 16.0 Å². The van der Waals surface area contributed by atoms with Crippen molar-refractivity contribution in [3.63, 3.8) is 0 Å². The van der Waals surface area contributed by atoms with E-state index in [1.54, 1.807) is 24.5 Å². The van der Waals surface area contributed by atoms with E-state index in [1.807, 2.05) is 11.8 Å². The van der Waals surface area contributed by atoms with Gasteiger partial charge in [0.2, 0.25) is 0 Å². The zero-order chi connectivity index (χ0) is 10.7. The standard InChI is InChI=1S/C11H15NOS2/c1-8(13)10-6-12-11(15-10)7-14-9-4-2-3-5-9/h6,9H,2-5,7H2,1H3. The fourth-order valence-corrected chi connectivity index (χ4v) is 3.95. The maximum Gasteiger partial charge on any atom is 0.171 e. The highest BCUT2D eigenvalue weighted by atomic mass is 32.2. The van der Waals surface area contributed by atoms with Crippen molar-refractivity contribution in [1.29, 1.82) is 0 Å². The second-order valence-corrected chi connectivity index (χ2v) is 6.30. The fraction of sp³-hybridized carbons (Fsp3) is 0.636. The first-order valence-electron chi connectivity index (χ1n) is 5.33. The molecule has 2 nitrogen and oxygen atoms in total. The van der Waals surface area contributed by atoms with Gasteiger partial charge in [-0.25, -0.2) is 4.98 Å². The normalized spacial score (nSPS) is 17.1. The van der Waals surface area contributed by atoms with Crippen molar-refractivity contribution in [2.75, 3.05) is 0 Å². The summed E-state index contributed by atoms with van der Waals surface area (Å²) >= 11 is 3.54. The fourth-order valence-electron chi connectivity index (χ4n) is 1.78. The van der Waals surface area contributed by atoms with Crippen molar-refractivity contribution in [3.8, 4) is 0 Å². The highest BCUT2D eigenvalue weighted by molar-refractivity contribution is 7.99. The van der Waals surface area contributed by atoms with Crippen LogP contribution in [0.2, 0.25) is 0 Å². The molecule has 1 aromatic rings. The molecule has 1 aliphatic rings. The van der Waals surface area contributed by atoms with E-state index in [0.717, 1.165) is 20.9 Å². The summed E-state index contributed by atoms with van der Waals surface area (Å²) in [6.07, 6.45) is 7.19. The van der Waals surface area contributed by atoms with Crippen molar-refractivity contribution in [3.05, 3.63) is 16.1 Å². The molecule has 2 rings (SSSR count). The highest BCUT2D eigenvalue weighted by Crippen LogP contribution is 2.32. The second kappa shape index (κ2) is 5.12. The molecular weight excluding hydrogens is 226 g/mol. The topological polar surface area (TPSA) is 30.0 Å². The van der Waals surface area contributed by atoms with Crippen LogP contribution in [0.3, 0.4) is 0 Å². The van der Waals surface area contributed by atoms with Crippen LogP contribution in [0.1, 0.15) is 47.3 Å². The van der Waals surface area contributed by atoms with E-state index in [4.69, 9.17) is 0 Å². The Hall–Kier alpha value is -0.350. The van der Waals surface area contributed by atoms with Crippen LogP contribution in [0.15, 0.2) is 6.20 Å². The third-order valence-corrected chi connectivity index (χ3v) is 5.31. The van der Waals surface area contributed by atoms with Crippen LogP contribution in [0.4, 0.5) is 0 Å². The third-order valence-electron chi connectivity index (χ3n) is 2.65. The van der Waals surface area contributed by atoms with Crippen LogP contribution in [0.25, 0.3) is 0 Å². The van der Waals surface area contributed by atoms with Crippen molar-refractivity contribution in [2.24, 2.45) is 0 Å². The van der Waals surface area contributed by atoms with Crippen LogP contribution >= 0.6 is 23.1 Å². The molecule has 1 fully saturated rings. The van der Waals surface area contributed by atoms with Gasteiger partial charge in [-0.1, -0.05) is 12.8 Å². The maximum atomic E-state index is 11.1. The van der Waals surface area contributed by atoms with E-state index in [0.29, 0.717) is 0 Å². The summed E-state index contributed by atoms with van der Waals surface area (Å²) in [6.45, 7) is 1.60. The Morgan fingerprint density at radius 3 is 2.93 bits per heavy atom. The molecule has 1 saturated carbocycles. The molecule has 1 heterocycles. The maximum absolute atomic E-state index is 11.1. The minimum atomic E-state index is 0.129. The lowest BCUT2D eigenvalue weighted by atomic mass is 10.4. The van der Waals surface area contributed by atoms with Crippen LogP contribution < -0.4 is 0 Å². The number of nitrogens with zero attached hydrogens (tertiary/aromatic N) is 1. The zero-order valence-corrected chi connectivity index (χ0v) is 10.5. The number of rotatable bonds is 4. The van der Waals surface area contributed by atoms with E-state index < -0.39 is 0 Å². The first-order chi connectivity index (χ1) is 7.25. The second-order valence-electron chi connectivity index (χ2n) is 3.89. The Bertz CT molecular complexity index is 342. The summed E-state index contributed by atoms with van der Waals surface area (Å²) in [4.78, 5) is 16.1. The largest absolute Gasteiger partial charge is 0.294 e. The summed E-state index contributed by atoms with van der Waals surface area (Å²) in [5.41, 5.74) is 0. The number of hydrogen-bond donors (Lipinski definition) is 0. The first kappa shape index (κ1) is 11.1. The van der Waals surface area contributed by atoms with Gasteiger partial charge >= 0.3 is 0 Å². The Balaban J connectivity index is 1.84. The summed E-state index contributed by atoms with van der Waals surface area (Å²) in [5, 5.41) is 1.92. The number of aromatic nitrogens is 1. The molecule has 0 spiro atoms. The molecule has 0 bridgehead atoms. The number of ketones is 1. The van der Waals surface area contributed by atoms with Gasteiger partial charge in [0.15, 0.2) is 5.78 Å². The van der Waals surface area contributed by atoms with Crippen molar-refractivity contribution >= 4 is 28.9 Å². The average molecular weight is 241 g/mol. The summed E-state index contributed by atoms with van der Waals surface area (Å²) in [5.74, 6) is 1.10. The molecule has 0 radical (unpaired) electrons. The van der Waals surface area contributed by atoms with Gasteiger partial charge < -0.3 is 0 Å². The van der Waals surface area contributed by atoms with Crippen LogP contribution in [0, 0.1) is 0 Å². The van der Waals surface area contributed by atoms with Gasteiger partial charge in [-0.2, -0.15) is 11.8 Å². The van der Waals surface area contributed by atoms with Gasteiger partial charge in [-0.3, -0.25) is 4.79 Å². The first-order valence-corrected chi connectivity index (χ1v) is 7.19. The highest BCUT2D eigenvalue weighted by Gasteiger charge is 2.16. The number of thiazole rings is 1. The lowest BCUT2D eigenvalue weighted by Crippen LogP contribution is -1.94. The molecule has 0 N–H and O–H groups in total. The van der Waals surface area contributed by atoms with E-state index in [1.165, 1.54) is 25.7 Å². The van der Waals surface area contributed by atoms with Gasteiger partial charge in [0.05, 0.1) is 4.88 Å². The van der Waals surface area contributed by atoms with E-state index in [9.17, 15) is 4.79 Å². The number of hydrogen-bond acceptors (Lipinski definition) is 4. The van der Waals surface area contributed by atoms with E-state index in [2.05, 4.69) is 4.98 Å². The molecule has 1 aliphatic carbocycles. The lowest BCUT2D eigenvalue weighted by molar-refractivity contribution is 0.102. The molecule has 4 heteroatoms. The van der Waals surface area contributed by atoms with Crippen molar-refractivity contribution in [2.45, 2.75) is 43.6 Å². The van der Waals surface area contributed by atoms with E-state index in [-0.39, 0.29) is 5.78 Å². The number of thioether (sulfide) groups is 1. The molecule has 0 atom stereocenters. The quantitative estimate of drug-likeness (QED) is 0.755. The van der Waals surface area contributed by atoms with Crippen molar-refractivity contribution in [1.82, 2.24) is 4.98 Å². The molecule has 82 valence electrons. The smallest absolute Gasteiger partial charge is 0.171 e. The molecule has 0 amide bonds. The molecule has 0 saturated heterocycles. The van der Waals surface area contributed by atoms with Crippen molar-refractivity contribution < 1.29 is 4.79 Å². The monoisotopic (exact) mass is 241 g/mol. The van der Waals surface area contributed by atoms with Crippen LogP contribution in [0.5, 0.6) is 0 Å². The number of carbonyl (C=O) groups is 1. The van der Waals surface area contributed by atoms with Crippen LogP contribution in [-0.2, 0) is 5.75 Å². The Morgan fingerprint density at radius 2 is 2.33 bits per heavy atom. The minimum absolute atomic E-state index is 0.129. The summed E-state index contributed by atoms with van der Waals surface area (Å²) in [7, 11) is 0. The van der Waals surface area contributed by atoms with Gasteiger partial charge in [0.25, 0.3) is 0 Å². The Morgan fingerprint density at radius 1 is 1.60 bits per heavy atom. The molecule has 0 aliphatic heterocycles. The third kappa shape index (κ3) is 3.05. The van der Waals surface area contributed by atoms with E-state index >= 15 is 0 Å². The zero-order valence-electron chi connectivity index (χ0n) is 8.86. The molecule has 15 heavy (non-hydrogen) atoms. The number of carbonyl (C=O) groups excluding carboxylic acids is 1. The Labute approximate surface area is 98.5 Å². The predicted octanol–water partition coefficient (Wildman–Crippen LogP) is 3.52. The predicted molar refractivity (Wildman–Crippen MR) is 65.7 cm³/mol.